The van der Waals surface area contributed by atoms with Crippen LogP contribution in [0, 0.1) is 12.3 Å². The quantitative estimate of drug-likeness (QED) is 0.576. The number of aromatic nitrogens is 1. The van der Waals surface area contributed by atoms with Crippen molar-refractivity contribution in [2.75, 3.05) is 11.9 Å². The van der Waals surface area contributed by atoms with E-state index in [9.17, 15) is 4.79 Å². The molecule has 1 atom stereocenters. The second-order valence-corrected chi connectivity index (χ2v) is 2.39. The van der Waals surface area contributed by atoms with Crippen LogP contribution in [0.25, 0.3) is 0 Å². The molecule has 0 saturated carbocycles. The molecule has 0 aromatic carbocycles. The van der Waals surface area contributed by atoms with Crippen molar-refractivity contribution in [3.8, 4) is 12.3 Å². The molecule has 0 aliphatic heterocycles. The first-order valence-corrected chi connectivity index (χ1v) is 3.69. The summed E-state index contributed by atoms with van der Waals surface area (Å²) in [5.41, 5.74) is -0.221. The van der Waals surface area contributed by atoms with Crippen LogP contribution in [-0.4, -0.2) is 33.8 Å². The Morgan fingerprint density at radius 2 is 2.57 bits per heavy atom. The summed E-state index contributed by atoms with van der Waals surface area (Å²) in [5, 5.41) is 19.7. The van der Waals surface area contributed by atoms with Gasteiger partial charge in [0, 0.05) is 0 Å². The maximum absolute atomic E-state index is 10.4. The van der Waals surface area contributed by atoms with Crippen LogP contribution in [-0.2, 0) is 0 Å². The van der Waals surface area contributed by atoms with Crippen molar-refractivity contribution in [1.82, 2.24) is 4.98 Å². The second-order valence-electron chi connectivity index (χ2n) is 2.39. The first-order valence-electron chi connectivity index (χ1n) is 3.69. The van der Waals surface area contributed by atoms with Gasteiger partial charge in [0.2, 0.25) is 0 Å². The molecule has 0 aliphatic carbocycles. The van der Waals surface area contributed by atoms with Gasteiger partial charge in [0.15, 0.2) is 5.69 Å². The van der Waals surface area contributed by atoms with Crippen LogP contribution in [0.4, 0.5) is 6.01 Å². The number of aliphatic hydroxyl groups excluding tert-OH is 1. The third kappa shape index (κ3) is 2.24. The van der Waals surface area contributed by atoms with Crippen LogP contribution in [0.5, 0.6) is 0 Å². The minimum Gasteiger partial charge on any atom is -0.476 e. The highest BCUT2D eigenvalue weighted by Crippen LogP contribution is 2.08. The van der Waals surface area contributed by atoms with Gasteiger partial charge in [-0.1, -0.05) is 5.92 Å². The first-order chi connectivity index (χ1) is 6.67. The lowest BCUT2D eigenvalue weighted by molar-refractivity contribution is 0.0690. The number of hydrogen-bond donors (Lipinski definition) is 3. The number of aliphatic hydroxyl groups is 1. The van der Waals surface area contributed by atoms with Gasteiger partial charge in [-0.05, 0) is 0 Å². The van der Waals surface area contributed by atoms with E-state index in [2.05, 4.69) is 16.2 Å². The molecule has 1 unspecified atom stereocenters. The first kappa shape index (κ1) is 10.1. The molecule has 0 amide bonds. The Labute approximate surface area is 79.6 Å². The van der Waals surface area contributed by atoms with Crippen molar-refractivity contribution in [3.63, 3.8) is 0 Å². The zero-order valence-corrected chi connectivity index (χ0v) is 7.10. The van der Waals surface area contributed by atoms with Crippen LogP contribution in [0.2, 0.25) is 0 Å². The van der Waals surface area contributed by atoms with Crippen molar-refractivity contribution >= 4 is 12.0 Å². The summed E-state index contributed by atoms with van der Waals surface area (Å²) < 4.78 is 4.75. The largest absolute Gasteiger partial charge is 0.476 e. The highest BCUT2D eigenvalue weighted by Gasteiger charge is 2.12. The lowest BCUT2D eigenvalue weighted by Gasteiger charge is -2.05. The highest BCUT2D eigenvalue weighted by molar-refractivity contribution is 5.85. The molecule has 74 valence electrons. The number of rotatable bonds is 4. The van der Waals surface area contributed by atoms with Gasteiger partial charge < -0.3 is 19.9 Å². The summed E-state index contributed by atoms with van der Waals surface area (Å²) in [7, 11) is 0. The number of anilines is 1. The van der Waals surface area contributed by atoms with Gasteiger partial charge in [-0.2, -0.15) is 4.98 Å². The fraction of sp³-hybridized carbons (Fsp3) is 0.250. The third-order valence-electron chi connectivity index (χ3n) is 1.40. The number of terminal acetylenes is 1. The van der Waals surface area contributed by atoms with Crippen LogP contribution < -0.4 is 5.32 Å². The monoisotopic (exact) mass is 196 g/mol. The van der Waals surface area contributed by atoms with Crippen molar-refractivity contribution < 1.29 is 19.4 Å². The standard InChI is InChI=1S/C8H8N2O4/c1-2-5(3-11)9-8-10-6(4-14-8)7(12)13/h1,4-5,11H,3H2,(H,9,10)(H,12,13). The zero-order chi connectivity index (χ0) is 10.6. The summed E-state index contributed by atoms with van der Waals surface area (Å²) in [5.74, 6) is 1.04. The second kappa shape index (κ2) is 4.30. The Morgan fingerprint density at radius 1 is 1.86 bits per heavy atom. The smallest absolute Gasteiger partial charge is 0.357 e. The molecule has 3 N–H and O–H groups in total. The van der Waals surface area contributed by atoms with E-state index in [1.165, 1.54) is 0 Å². The average molecular weight is 196 g/mol. The maximum Gasteiger partial charge on any atom is 0.357 e. The van der Waals surface area contributed by atoms with Crippen LogP contribution in [0.1, 0.15) is 10.5 Å². The fourth-order valence-corrected chi connectivity index (χ4v) is 0.727. The van der Waals surface area contributed by atoms with Gasteiger partial charge in [0.25, 0.3) is 6.01 Å². The Balaban J connectivity index is 2.69. The van der Waals surface area contributed by atoms with Crippen LogP contribution >= 0.6 is 0 Å². The van der Waals surface area contributed by atoms with E-state index in [0.29, 0.717) is 0 Å². The number of carboxylic acid groups (broad SMARTS) is 1. The number of carbonyl (C=O) groups is 1. The summed E-state index contributed by atoms with van der Waals surface area (Å²) in [6, 6.07) is -0.672. The maximum atomic E-state index is 10.4. The van der Waals surface area contributed by atoms with E-state index in [4.69, 9.17) is 21.1 Å². The summed E-state index contributed by atoms with van der Waals surface area (Å²) in [6.45, 7) is -0.290. The highest BCUT2D eigenvalue weighted by atomic mass is 16.4. The molecule has 6 nitrogen and oxygen atoms in total. The van der Waals surface area contributed by atoms with Crippen molar-refractivity contribution in [2.24, 2.45) is 0 Å². The lowest BCUT2D eigenvalue weighted by atomic mass is 10.3. The fourth-order valence-electron chi connectivity index (χ4n) is 0.727. The van der Waals surface area contributed by atoms with Gasteiger partial charge in [0.05, 0.1) is 6.61 Å². The molecule has 0 radical (unpaired) electrons. The van der Waals surface area contributed by atoms with Gasteiger partial charge in [0.1, 0.15) is 12.3 Å². The van der Waals surface area contributed by atoms with E-state index < -0.39 is 12.0 Å². The molecular formula is C8H8N2O4. The Bertz CT molecular complexity index is 366. The van der Waals surface area contributed by atoms with Gasteiger partial charge in [-0.15, -0.1) is 6.42 Å². The predicted octanol–water partition coefficient (Wildman–Crippen LogP) is -0.221. The Kier molecular flexibility index (Phi) is 3.09. The normalized spacial score (nSPS) is 11.7. The number of oxazole rings is 1. The van der Waals surface area contributed by atoms with Crippen molar-refractivity contribution in [1.29, 1.82) is 0 Å². The van der Waals surface area contributed by atoms with E-state index in [-0.39, 0.29) is 18.3 Å². The molecule has 0 bridgehead atoms. The SMILES string of the molecule is C#CC(CO)Nc1nc(C(=O)O)co1. The number of aromatic carboxylic acids is 1. The van der Waals surface area contributed by atoms with E-state index >= 15 is 0 Å². The molecule has 14 heavy (non-hydrogen) atoms. The lowest BCUT2D eigenvalue weighted by Crippen LogP contribution is -2.21. The predicted molar refractivity (Wildman–Crippen MR) is 46.8 cm³/mol. The van der Waals surface area contributed by atoms with Crippen molar-refractivity contribution in [2.45, 2.75) is 6.04 Å². The minimum atomic E-state index is -1.19. The average Bonchev–Trinajstić information content (AvgIpc) is 2.62. The van der Waals surface area contributed by atoms with Crippen LogP contribution in [0.3, 0.4) is 0 Å². The Morgan fingerprint density at radius 3 is 3.00 bits per heavy atom. The van der Waals surface area contributed by atoms with Crippen molar-refractivity contribution in [3.05, 3.63) is 12.0 Å². The molecule has 1 aromatic heterocycles. The minimum absolute atomic E-state index is 0.0283. The number of carboxylic acids is 1. The van der Waals surface area contributed by atoms with E-state index in [0.717, 1.165) is 6.26 Å². The Hall–Kier alpha value is -2.00. The van der Waals surface area contributed by atoms with Gasteiger partial charge >= 0.3 is 5.97 Å². The molecule has 0 saturated heterocycles. The zero-order valence-electron chi connectivity index (χ0n) is 7.10. The molecule has 0 aliphatic rings. The molecular weight excluding hydrogens is 188 g/mol. The molecule has 1 aromatic rings. The summed E-state index contributed by atoms with van der Waals surface area (Å²) >= 11 is 0. The molecule has 0 spiro atoms. The topological polar surface area (TPSA) is 95.6 Å². The number of nitrogens with zero attached hydrogens (tertiary/aromatic N) is 1. The summed E-state index contributed by atoms with van der Waals surface area (Å²) in [6.07, 6.45) is 6.02. The summed E-state index contributed by atoms with van der Waals surface area (Å²) in [4.78, 5) is 14.0. The molecule has 1 rings (SSSR count). The molecule has 6 heteroatoms. The van der Waals surface area contributed by atoms with Gasteiger partial charge in [-0.3, -0.25) is 0 Å². The molecule has 1 heterocycles. The number of nitrogens with one attached hydrogen (secondary N) is 1. The van der Waals surface area contributed by atoms with E-state index in [1.54, 1.807) is 0 Å². The van der Waals surface area contributed by atoms with Crippen LogP contribution in [0.15, 0.2) is 10.7 Å². The third-order valence-corrected chi connectivity index (χ3v) is 1.40. The molecule has 0 fully saturated rings. The van der Waals surface area contributed by atoms with Gasteiger partial charge in [-0.25, -0.2) is 4.79 Å². The van der Waals surface area contributed by atoms with E-state index in [1.807, 2.05) is 0 Å². The number of hydrogen-bond acceptors (Lipinski definition) is 5.